The third kappa shape index (κ3) is 2.77. The van der Waals surface area contributed by atoms with E-state index in [2.05, 4.69) is 21.2 Å². The Bertz CT molecular complexity index is 688. The highest BCUT2D eigenvalue weighted by Gasteiger charge is 2.21. The Morgan fingerprint density at radius 3 is 2.55 bits per heavy atom. The highest BCUT2D eigenvalue weighted by Crippen LogP contribution is 2.30. The summed E-state index contributed by atoms with van der Waals surface area (Å²) in [4.78, 5) is 22.0. The number of benzene rings is 2. The number of hydrogen-bond donors (Lipinski definition) is 2. The molecule has 7 heteroatoms. The van der Waals surface area contributed by atoms with Crippen molar-refractivity contribution in [3.05, 3.63) is 62.6 Å². The van der Waals surface area contributed by atoms with Crippen molar-refractivity contribution in [2.24, 2.45) is 0 Å². The first kappa shape index (κ1) is 14.0. The number of amides is 1. The number of phenols is 1. The van der Waals surface area contributed by atoms with E-state index in [-0.39, 0.29) is 5.56 Å². The van der Waals surface area contributed by atoms with Crippen LogP contribution in [0.15, 0.2) is 46.9 Å². The van der Waals surface area contributed by atoms with E-state index in [0.717, 1.165) is 6.07 Å². The molecule has 0 aliphatic rings. The van der Waals surface area contributed by atoms with Gasteiger partial charge in [0.25, 0.3) is 5.91 Å². The van der Waals surface area contributed by atoms with Crippen molar-refractivity contribution in [2.45, 2.75) is 0 Å². The first-order chi connectivity index (χ1) is 9.50. The number of carbonyl (C=O) groups is 1. The predicted molar refractivity (Wildman–Crippen MR) is 76.9 cm³/mol. The number of nitrogens with zero attached hydrogens (tertiary/aromatic N) is 1. The SMILES string of the molecule is O=C(Nc1ccccc1Br)c1cccc([N+](=O)[O-])c1O. The molecular formula is C13H9BrN2O4. The fourth-order valence-corrected chi connectivity index (χ4v) is 2.00. The molecule has 20 heavy (non-hydrogen) atoms. The van der Waals surface area contributed by atoms with Gasteiger partial charge in [-0.3, -0.25) is 14.9 Å². The van der Waals surface area contributed by atoms with Crippen LogP contribution in [0.2, 0.25) is 0 Å². The van der Waals surface area contributed by atoms with Crippen LogP contribution in [0.25, 0.3) is 0 Å². The standard InChI is InChI=1S/C13H9BrN2O4/c14-9-5-1-2-6-10(9)15-13(18)8-4-3-7-11(12(8)17)16(19)20/h1-7,17H,(H,15,18). The van der Waals surface area contributed by atoms with E-state index in [1.54, 1.807) is 24.3 Å². The lowest BCUT2D eigenvalue weighted by atomic mass is 10.1. The minimum absolute atomic E-state index is 0.157. The summed E-state index contributed by atoms with van der Waals surface area (Å²) < 4.78 is 0.665. The van der Waals surface area contributed by atoms with Gasteiger partial charge in [-0.05, 0) is 34.1 Å². The summed E-state index contributed by atoms with van der Waals surface area (Å²) in [6.45, 7) is 0. The lowest BCUT2D eigenvalue weighted by molar-refractivity contribution is -0.385. The zero-order valence-corrected chi connectivity index (χ0v) is 11.6. The maximum atomic E-state index is 12.0. The lowest BCUT2D eigenvalue weighted by Gasteiger charge is -2.08. The van der Waals surface area contributed by atoms with Gasteiger partial charge in [-0.1, -0.05) is 18.2 Å². The van der Waals surface area contributed by atoms with Gasteiger partial charge < -0.3 is 10.4 Å². The Morgan fingerprint density at radius 1 is 1.20 bits per heavy atom. The van der Waals surface area contributed by atoms with Crippen LogP contribution in [0, 0.1) is 10.1 Å². The maximum absolute atomic E-state index is 12.0. The van der Waals surface area contributed by atoms with Crippen molar-refractivity contribution in [1.29, 1.82) is 0 Å². The molecule has 2 aromatic carbocycles. The van der Waals surface area contributed by atoms with Crippen molar-refractivity contribution >= 4 is 33.2 Å². The van der Waals surface area contributed by atoms with E-state index in [0.29, 0.717) is 10.2 Å². The van der Waals surface area contributed by atoms with Gasteiger partial charge in [0, 0.05) is 10.5 Å². The van der Waals surface area contributed by atoms with E-state index >= 15 is 0 Å². The van der Waals surface area contributed by atoms with Gasteiger partial charge in [0.1, 0.15) is 0 Å². The number of carbonyl (C=O) groups excluding carboxylic acids is 1. The molecule has 2 N–H and O–H groups in total. The quantitative estimate of drug-likeness (QED) is 0.664. The van der Waals surface area contributed by atoms with Gasteiger partial charge in [-0.25, -0.2) is 0 Å². The molecule has 0 atom stereocenters. The number of aromatic hydroxyl groups is 1. The normalized spacial score (nSPS) is 10.1. The van der Waals surface area contributed by atoms with Gasteiger partial charge in [0.2, 0.25) is 5.75 Å². The molecule has 0 bridgehead atoms. The Labute approximate surface area is 122 Å². The predicted octanol–water partition coefficient (Wildman–Crippen LogP) is 3.32. The molecule has 0 aliphatic heterocycles. The average molecular weight is 337 g/mol. The van der Waals surface area contributed by atoms with Crippen molar-refractivity contribution in [2.75, 3.05) is 5.32 Å². The number of nitro groups is 1. The number of hydrogen-bond acceptors (Lipinski definition) is 4. The number of para-hydroxylation sites is 2. The smallest absolute Gasteiger partial charge is 0.311 e. The summed E-state index contributed by atoms with van der Waals surface area (Å²) in [6, 6.07) is 10.7. The van der Waals surface area contributed by atoms with Crippen LogP contribution in [0.1, 0.15) is 10.4 Å². The molecule has 2 aromatic rings. The number of anilines is 1. The van der Waals surface area contributed by atoms with Crippen molar-refractivity contribution < 1.29 is 14.8 Å². The molecule has 0 aliphatic carbocycles. The molecule has 6 nitrogen and oxygen atoms in total. The number of halogens is 1. The molecule has 0 fully saturated rings. The third-order valence-electron chi connectivity index (χ3n) is 2.58. The topological polar surface area (TPSA) is 92.5 Å². The van der Waals surface area contributed by atoms with E-state index in [1.165, 1.54) is 12.1 Å². The third-order valence-corrected chi connectivity index (χ3v) is 3.27. The highest BCUT2D eigenvalue weighted by atomic mass is 79.9. The second kappa shape index (κ2) is 5.70. The summed E-state index contributed by atoms with van der Waals surface area (Å²) in [5.74, 6) is -1.28. The van der Waals surface area contributed by atoms with E-state index < -0.39 is 22.3 Å². The van der Waals surface area contributed by atoms with Crippen LogP contribution in [-0.2, 0) is 0 Å². The monoisotopic (exact) mass is 336 g/mol. The molecule has 0 unspecified atom stereocenters. The fraction of sp³-hybridized carbons (Fsp3) is 0. The number of rotatable bonds is 3. The van der Waals surface area contributed by atoms with Crippen LogP contribution in [0.5, 0.6) is 5.75 Å². The van der Waals surface area contributed by atoms with Crippen LogP contribution < -0.4 is 5.32 Å². The molecule has 2 rings (SSSR count). The molecule has 1 amide bonds. The Kier molecular flexibility index (Phi) is 3.99. The Morgan fingerprint density at radius 2 is 1.90 bits per heavy atom. The van der Waals surface area contributed by atoms with E-state index in [1.807, 2.05) is 0 Å². The summed E-state index contributed by atoms with van der Waals surface area (Å²) in [7, 11) is 0. The highest BCUT2D eigenvalue weighted by molar-refractivity contribution is 9.10. The molecule has 0 heterocycles. The van der Waals surface area contributed by atoms with Gasteiger partial charge in [0.15, 0.2) is 0 Å². The number of phenolic OH excluding ortho intramolecular Hbond substituents is 1. The van der Waals surface area contributed by atoms with Crippen molar-refractivity contribution in [3.8, 4) is 5.75 Å². The van der Waals surface area contributed by atoms with E-state index in [9.17, 15) is 20.0 Å². The first-order valence-corrected chi connectivity index (χ1v) is 6.32. The molecule has 0 saturated heterocycles. The maximum Gasteiger partial charge on any atom is 0.311 e. The second-order valence-electron chi connectivity index (χ2n) is 3.86. The number of nitro benzene ring substituents is 1. The van der Waals surface area contributed by atoms with Gasteiger partial charge >= 0.3 is 5.69 Å². The van der Waals surface area contributed by atoms with Crippen LogP contribution in [0.4, 0.5) is 11.4 Å². The summed E-state index contributed by atoms with van der Waals surface area (Å²) in [5, 5.41) is 23.0. The lowest BCUT2D eigenvalue weighted by Crippen LogP contribution is -2.12. The second-order valence-corrected chi connectivity index (χ2v) is 4.72. The molecule has 0 spiro atoms. The van der Waals surface area contributed by atoms with Gasteiger partial charge in [-0.15, -0.1) is 0 Å². The van der Waals surface area contributed by atoms with Crippen LogP contribution in [0.3, 0.4) is 0 Å². The number of nitrogens with one attached hydrogen (secondary N) is 1. The Hall–Kier alpha value is -2.41. The molecule has 102 valence electrons. The average Bonchev–Trinajstić information content (AvgIpc) is 2.41. The van der Waals surface area contributed by atoms with E-state index in [4.69, 9.17) is 0 Å². The van der Waals surface area contributed by atoms with Crippen molar-refractivity contribution in [1.82, 2.24) is 0 Å². The van der Waals surface area contributed by atoms with Crippen LogP contribution in [-0.4, -0.2) is 15.9 Å². The largest absolute Gasteiger partial charge is 0.502 e. The zero-order valence-electron chi connectivity index (χ0n) is 10.0. The Balaban J connectivity index is 2.33. The molecule has 0 aromatic heterocycles. The van der Waals surface area contributed by atoms with Crippen LogP contribution >= 0.6 is 15.9 Å². The summed E-state index contributed by atoms with van der Waals surface area (Å²) in [5.41, 5.74) is -0.164. The molecular weight excluding hydrogens is 328 g/mol. The summed E-state index contributed by atoms with van der Waals surface area (Å²) in [6.07, 6.45) is 0. The minimum atomic E-state index is -0.745. The van der Waals surface area contributed by atoms with Gasteiger partial charge in [-0.2, -0.15) is 0 Å². The van der Waals surface area contributed by atoms with Gasteiger partial charge in [0.05, 0.1) is 16.2 Å². The first-order valence-electron chi connectivity index (χ1n) is 5.53. The summed E-state index contributed by atoms with van der Waals surface area (Å²) >= 11 is 3.27. The molecule has 0 radical (unpaired) electrons. The van der Waals surface area contributed by atoms with Crippen molar-refractivity contribution in [3.63, 3.8) is 0 Å². The minimum Gasteiger partial charge on any atom is -0.502 e. The molecule has 0 saturated carbocycles. The fourth-order valence-electron chi connectivity index (χ4n) is 1.61. The zero-order chi connectivity index (χ0) is 14.7.